The highest BCUT2D eigenvalue weighted by molar-refractivity contribution is 14.1. The molecular formula is C25H33IN2O8. The zero-order valence-electron chi connectivity index (χ0n) is 20.4. The van der Waals surface area contributed by atoms with Gasteiger partial charge in [-0.05, 0) is 59.6 Å². The highest BCUT2D eigenvalue weighted by Gasteiger charge is 2.42. The van der Waals surface area contributed by atoms with Crippen LogP contribution in [0.1, 0.15) is 36.0 Å². The van der Waals surface area contributed by atoms with Crippen LogP contribution in [0.15, 0.2) is 23.8 Å². The van der Waals surface area contributed by atoms with Crippen LogP contribution in [0.4, 0.5) is 0 Å². The minimum Gasteiger partial charge on any atom is -0.493 e. The van der Waals surface area contributed by atoms with Gasteiger partial charge in [-0.15, -0.1) is 0 Å². The number of carbonyl (C=O) groups is 3. The number of hydrogen-bond donors (Lipinski definition) is 3. The predicted octanol–water partition coefficient (Wildman–Crippen LogP) is 1.30. The number of nitrogens with one attached hydrogen (secondary N) is 1. The Morgan fingerprint density at radius 1 is 1.28 bits per heavy atom. The summed E-state index contributed by atoms with van der Waals surface area (Å²) in [6, 6.07) is 2.46. The van der Waals surface area contributed by atoms with Gasteiger partial charge in [-0.25, -0.2) is 0 Å². The molecule has 0 saturated heterocycles. The number of amides is 2. The van der Waals surface area contributed by atoms with Crippen LogP contribution in [0.3, 0.4) is 0 Å². The largest absolute Gasteiger partial charge is 0.493 e. The standard InChI is InChI=1S/C25H33IN2O8/c1-34-8-5-22(31)28(13-15-3-4-15)19-11-17(25(33)27-6-7-29)12-20(23(19)32)36-24-18(26)9-16(14-30)10-21(24)35-2/h9-10,12,14-15,19-20,23,29,32H,3-8,11,13H2,1-2H3,(H,27,33)/t19-,20+,23+/m1/s1. The molecule has 1 saturated carbocycles. The normalized spacial score (nSPS) is 21.4. The van der Waals surface area contributed by atoms with Gasteiger partial charge in [0.1, 0.15) is 18.5 Å². The van der Waals surface area contributed by atoms with Crippen molar-refractivity contribution in [3.8, 4) is 11.5 Å². The maximum absolute atomic E-state index is 13.1. The Labute approximate surface area is 224 Å². The van der Waals surface area contributed by atoms with E-state index < -0.39 is 24.2 Å². The molecule has 2 amide bonds. The van der Waals surface area contributed by atoms with Gasteiger partial charge >= 0.3 is 0 Å². The molecule has 2 aliphatic carbocycles. The van der Waals surface area contributed by atoms with E-state index in [0.29, 0.717) is 45.0 Å². The fourth-order valence-corrected chi connectivity index (χ4v) is 4.92. The fraction of sp³-hybridized carbons (Fsp3) is 0.560. The predicted molar refractivity (Wildman–Crippen MR) is 139 cm³/mol. The van der Waals surface area contributed by atoms with Crippen molar-refractivity contribution in [2.24, 2.45) is 5.92 Å². The van der Waals surface area contributed by atoms with Crippen molar-refractivity contribution in [2.45, 2.75) is 43.9 Å². The molecule has 3 atom stereocenters. The topological polar surface area (TPSA) is 135 Å². The van der Waals surface area contributed by atoms with Crippen LogP contribution in [0.5, 0.6) is 11.5 Å². The zero-order valence-corrected chi connectivity index (χ0v) is 22.6. The summed E-state index contributed by atoms with van der Waals surface area (Å²) in [4.78, 5) is 38.9. The molecule has 0 radical (unpaired) electrons. The molecule has 2 aliphatic rings. The van der Waals surface area contributed by atoms with Crippen molar-refractivity contribution in [1.29, 1.82) is 0 Å². The Morgan fingerprint density at radius 2 is 2.03 bits per heavy atom. The molecule has 10 nitrogen and oxygen atoms in total. The molecule has 1 fully saturated rings. The third kappa shape index (κ3) is 7.17. The van der Waals surface area contributed by atoms with Gasteiger partial charge in [0.2, 0.25) is 11.8 Å². The average molecular weight is 616 g/mol. The van der Waals surface area contributed by atoms with Gasteiger partial charge in [0, 0.05) is 37.8 Å². The van der Waals surface area contributed by atoms with Crippen LogP contribution in [0.25, 0.3) is 0 Å². The SMILES string of the molecule is COCCC(=O)N(CC1CC1)[C@@H]1CC(C(=O)NCCO)=C[C@H](Oc2c(I)cc(C=O)cc2OC)[C@H]1O. The monoisotopic (exact) mass is 616 g/mol. The maximum Gasteiger partial charge on any atom is 0.247 e. The summed E-state index contributed by atoms with van der Waals surface area (Å²) in [6.45, 7) is 0.595. The molecule has 0 aliphatic heterocycles. The Morgan fingerprint density at radius 3 is 2.64 bits per heavy atom. The summed E-state index contributed by atoms with van der Waals surface area (Å²) >= 11 is 2.02. The van der Waals surface area contributed by atoms with Gasteiger partial charge in [0.05, 0.1) is 36.4 Å². The van der Waals surface area contributed by atoms with Gasteiger partial charge in [0.25, 0.3) is 0 Å². The first-order chi connectivity index (χ1) is 17.3. The fourth-order valence-electron chi connectivity index (χ4n) is 4.17. The van der Waals surface area contributed by atoms with E-state index in [2.05, 4.69) is 5.32 Å². The average Bonchev–Trinajstić information content (AvgIpc) is 3.70. The first kappa shape index (κ1) is 28.4. The third-order valence-corrected chi connectivity index (χ3v) is 7.05. The van der Waals surface area contributed by atoms with E-state index >= 15 is 0 Å². The molecule has 0 unspecified atom stereocenters. The maximum atomic E-state index is 13.1. The van der Waals surface area contributed by atoms with Crippen LogP contribution >= 0.6 is 22.6 Å². The summed E-state index contributed by atoms with van der Waals surface area (Å²) in [6.07, 6.45) is 2.46. The minimum absolute atomic E-state index is 0.0757. The van der Waals surface area contributed by atoms with Crippen LogP contribution < -0.4 is 14.8 Å². The van der Waals surface area contributed by atoms with Gasteiger partial charge in [-0.3, -0.25) is 14.4 Å². The molecular weight excluding hydrogens is 583 g/mol. The second kappa shape index (κ2) is 13.4. The number of rotatable bonds is 13. The van der Waals surface area contributed by atoms with Crippen LogP contribution in [-0.2, 0) is 14.3 Å². The Hall–Kier alpha value is -2.22. The van der Waals surface area contributed by atoms with E-state index in [-0.39, 0.29) is 38.5 Å². The molecule has 1 aromatic rings. The lowest BCUT2D eigenvalue weighted by molar-refractivity contribution is -0.139. The molecule has 0 bridgehead atoms. The Bertz CT molecular complexity index is 981. The summed E-state index contributed by atoms with van der Waals surface area (Å²) in [5, 5.41) is 23.2. The number of carbonyl (C=O) groups excluding carboxylic acids is 3. The Kier molecular flexibility index (Phi) is 10.5. The van der Waals surface area contributed by atoms with Crippen molar-refractivity contribution in [3.63, 3.8) is 0 Å². The molecule has 36 heavy (non-hydrogen) atoms. The molecule has 0 spiro atoms. The lowest BCUT2D eigenvalue weighted by atomic mass is 9.87. The van der Waals surface area contributed by atoms with Crippen LogP contribution in [0.2, 0.25) is 0 Å². The quantitative estimate of drug-likeness (QED) is 0.223. The van der Waals surface area contributed by atoms with Gasteiger partial charge in [-0.2, -0.15) is 0 Å². The molecule has 3 N–H and O–H groups in total. The molecule has 0 heterocycles. The number of aliphatic hydroxyl groups excluding tert-OH is 2. The highest BCUT2D eigenvalue weighted by atomic mass is 127. The number of benzene rings is 1. The van der Waals surface area contributed by atoms with Crippen LogP contribution in [0, 0.1) is 9.49 Å². The van der Waals surface area contributed by atoms with E-state index in [1.807, 2.05) is 22.6 Å². The number of ether oxygens (including phenoxy) is 3. The number of halogens is 1. The van der Waals surface area contributed by atoms with Gasteiger partial charge in [-0.1, -0.05) is 0 Å². The zero-order chi connectivity index (χ0) is 26.2. The van der Waals surface area contributed by atoms with Crippen LogP contribution in [-0.4, -0.2) is 92.0 Å². The summed E-state index contributed by atoms with van der Waals surface area (Å²) in [5.74, 6) is 0.426. The van der Waals surface area contributed by atoms with E-state index in [9.17, 15) is 19.5 Å². The number of aldehydes is 1. The van der Waals surface area contributed by atoms with E-state index in [1.54, 1.807) is 17.0 Å². The smallest absolute Gasteiger partial charge is 0.247 e. The van der Waals surface area contributed by atoms with Crippen molar-refractivity contribution >= 4 is 40.7 Å². The number of nitrogens with zero attached hydrogens (tertiary/aromatic N) is 1. The third-order valence-electron chi connectivity index (χ3n) is 6.25. The van der Waals surface area contributed by atoms with E-state index in [4.69, 9.17) is 19.3 Å². The molecule has 3 rings (SSSR count). The van der Waals surface area contributed by atoms with Gasteiger partial charge in [0.15, 0.2) is 11.5 Å². The van der Waals surface area contributed by atoms with Crippen molar-refractivity contribution in [1.82, 2.24) is 10.2 Å². The second-order valence-corrected chi connectivity index (χ2v) is 10.1. The summed E-state index contributed by atoms with van der Waals surface area (Å²) in [5.41, 5.74) is 0.757. The first-order valence-corrected chi connectivity index (χ1v) is 13.0. The lowest BCUT2D eigenvalue weighted by Crippen LogP contribution is -2.55. The second-order valence-electron chi connectivity index (χ2n) is 8.90. The van der Waals surface area contributed by atoms with Crippen molar-refractivity contribution < 1.29 is 38.8 Å². The lowest BCUT2D eigenvalue weighted by Gasteiger charge is -2.41. The number of aliphatic hydroxyl groups is 2. The van der Waals surface area contributed by atoms with Crippen molar-refractivity contribution in [2.75, 3.05) is 40.5 Å². The molecule has 0 aromatic heterocycles. The van der Waals surface area contributed by atoms with Gasteiger partial charge < -0.3 is 34.6 Å². The molecule has 198 valence electrons. The van der Waals surface area contributed by atoms with E-state index in [0.717, 1.165) is 12.8 Å². The van der Waals surface area contributed by atoms with Crippen molar-refractivity contribution in [3.05, 3.63) is 32.9 Å². The number of methoxy groups -OCH3 is 2. The highest BCUT2D eigenvalue weighted by Crippen LogP contribution is 2.38. The minimum atomic E-state index is -1.13. The molecule has 1 aromatic carbocycles. The van der Waals surface area contributed by atoms with E-state index in [1.165, 1.54) is 20.3 Å². The first-order valence-electron chi connectivity index (χ1n) is 11.9. The Balaban J connectivity index is 1.96. The number of hydrogen-bond acceptors (Lipinski definition) is 8. The summed E-state index contributed by atoms with van der Waals surface area (Å²) in [7, 11) is 2.97. The molecule has 11 heteroatoms. The summed E-state index contributed by atoms with van der Waals surface area (Å²) < 4.78 is 17.3.